The van der Waals surface area contributed by atoms with E-state index in [2.05, 4.69) is 4.94 Å². The first-order valence-corrected chi connectivity index (χ1v) is 3.00. The van der Waals surface area contributed by atoms with Crippen molar-refractivity contribution in [1.82, 2.24) is 0 Å². The second-order valence-electron chi connectivity index (χ2n) is 2.06. The maximum atomic E-state index is 11.6. The van der Waals surface area contributed by atoms with Crippen molar-refractivity contribution >= 4 is 5.97 Å². The molecule has 0 saturated carbocycles. The van der Waals surface area contributed by atoms with Crippen molar-refractivity contribution in [3.8, 4) is 11.5 Å². The monoisotopic (exact) mass is 172 g/mol. The van der Waals surface area contributed by atoms with Gasteiger partial charge < -0.3 is 10.2 Å². The number of hydrogen-bond acceptors (Lipinski definition) is 3. The Morgan fingerprint density at radius 3 is 2.67 bits per heavy atom. The van der Waals surface area contributed by atoms with Gasteiger partial charge in [0.25, 0.3) is 0 Å². The van der Waals surface area contributed by atoms with E-state index in [1.165, 1.54) is 0 Å². The molecule has 0 radical (unpaired) electrons. The number of hydrogen-bond donors (Lipinski definition) is 2. The Morgan fingerprint density at radius 2 is 2.17 bits per heavy atom. The van der Waals surface area contributed by atoms with Gasteiger partial charge in [-0.1, -0.05) is 0 Å². The van der Waals surface area contributed by atoms with E-state index < -0.39 is 17.5 Å². The normalized spacial score (nSPS) is 9.42. The molecule has 1 aromatic carbocycles. The topological polar surface area (TPSA) is 66.8 Å². The summed E-state index contributed by atoms with van der Waals surface area (Å²) >= 11 is 0. The lowest BCUT2D eigenvalue weighted by Gasteiger charge is -1.99. The number of carbonyl (C=O) groups is 1. The molecule has 1 rings (SSSR count). The fourth-order valence-corrected chi connectivity index (χ4v) is 0.709. The highest BCUT2D eigenvalue weighted by Gasteiger charge is 2.08. The molecule has 1 aromatic rings. The molecule has 0 aliphatic rings. The van der Waals surface area contributed by atoms with Gasteiger partial charge in [0.05, 0.1) is 5.56 Å². The number of aromatic carboxylic acids is 1. The molecule has 0 atom stereocenters. The highest BCUT2D eigenvalue weighted by Crippen LogP contribution is 2.26. The zero-order valence-electron chi connectivity index (χ0n) is 5.82. The van der Waals surface area contributed by atoms with Crippen LogP contribution in [0, 0.1) is 0 Å². The Hall–Kier alpha value is -1.78. The van der Waals surface area contributed by atoms with Gasteiger partial charge in [-0.3, -0.25) is 4.94 Å². The van der Waals surface area contributed by atoms with Gasteiger partial charge in [-0.05, 0) is 12.1 Å². The third-order valence-corrected chi connectivity index (χ3v) is 1.29. The van der Waals surface area contributed by atoms with Gasteiger partial charge in [0.2, 0.25) is 5.75 Å². The van der Waals surface area contributed by atoms with E-state index in [0.717, 1.165) is 18.2 Å². The number of halogens is 1. The second-order valence-corrected chi connectivity index (χ2v) is 2.06. The lowest BCUT2D eigenvalue weighted by atomic mass is 10.2. The van der Waals surface area contributed by atoms with E-state index >= 15 is 0 Å². The first-order chi connectivity index (χ1) is 5.65. The van der Waals surface area contributed by atoms with Crippen LogP contribution in [0.3, 0.4) is 0 Å². The number of benzene rings is 1. The van der Waals surface area contributed by atoms with Gasteiger partial charge in [-0.15, -0.1) is 0 Å². The van der Waals surface area contributed by atoms with Gasteiger partial charge in [-0.2, -0.15) is 0 Å². The Balaban J connectivity index is 3.13. The number of phenols is 1. The molecular formula is C7H5FO4. The highest BCUT2D eigenvalue weighted by molar-refractivity contribution is 5.88. The van der Waals surface area contributed by atoms with Gasteiger partial charge >= 0.3 is 5.97 Å². The van der Waals surface area contributed by atoms with E-state index in [4.69, 9.17) is 10.2 Å². The van der Waals surface area contributed by atoms with Crippen molar-refractivity contribution in [2.45, 2.75) is 0 Å². The molecule has 0 saturated heterocycles. The fraction of sp³-hybridized carbons (Fsp3) is 0. The van der Waals surface area contributed by atoms with Crippen molar-refractivity contribution in [3.63, 3.8) is 0 Å². The minimum Gasteiger partial charge on any atom is -0.504 e. The smallest absolute Gasteiger partial charge is 0.335 e. The molecule has 0 heterocycles. The number of rotatable bonds is 2. The average molecular weight is 172 g/mol. The lowest BCUT2D eigenvalue weighted by molar-refractivity contribution is -0.00905. The minimum absolute atomic E-state index is 0.152. The summed E-state index contributed by atoms with van der Waals surface area (Å²) in [6, 6.07) is 3.07. The van der Waals surface area contributed by atoms with E-state index in [9.17, 15) is 9.32 Å². The zero-order chi connectivity index (χ0) is 9.14. The van der Waals surface area contributed by atoms with Crippen LogP contribution in [0.15, 0.2) is 18.2 Å². The first kappa shape index (κ1) is 8.32. The van der Waals surface area contributed by atoms with Crippen LogP contribution in [0.1, 0.15) is 10.4 Å². The average Bonchev–Trinajstić information content (AvgIpc) is 2.05. The summed E-state index contributed by atoms with van der Waals surface area (Å²) in [6.07, 6.45) is 0. The minimum atomic E-state index is -1.21. The van der Waals surface area contributed by atoms with E-state index in [-0.39, 0.29) is 5.56 Å². The lowest BCUT2D eigenvalue weighted by Crippen LogP contribution is -1.95. The zero-order valence-corrected chi connectivity index (χ0v) is 5.82. The molecule has 0 aliphatic heterocycles. The largest absolute Gasteiger partial charge is 0.504 e. The van der Waals surface area contributed by atoms with Crippen molar-refractivity contribution < 1.29 is 24.5 Å². The number of aromatic hydroxyl groups is 1. The number of carboxylic acids is 1. The predicted octanol–water partition coefficient (Wildman–Crippen LogP) is 1.35. The molecule has 0 aliphatic carbocycles. The summed E-state index contributed by atoms with van der Waals surface area (Å²) in [5, 5.41) is 17.3. The predicted molar refractivity (Wildman–Crippen MR) is 36.8 cm³/mol. The van der Waals surface area contributed by atoms with Crippen LogP contribution in [-0.2, 0) is 0 Å². The van der Waals surface area contributed by atoms with Gasteiger partial charge in [0, 0.05) is 10.6 Å². The van der Waals surface area contributed by atoms with Gasteiger partial charge in [0.15, 0.2) is 5.75 Å². The van der Waals surface area contributed by atoms with Crippen molar-refractivity contribution in [3.05, 3.63) is 23.8 Å². The van der Waals surface area contributed by atoms with Crippen molar-refractivity contribution in [2.24, 2.45) is 0 Å². The third-order valence-electron chi connectivity index (χ3n) is 1.29. The van der Waals surface area contributed by atoms with Crippen molar-refractivity contribution in [1.29, 1.82) is 0 Å². The van der Waals surface area contributed by atoms with Crippen LogP contribution >= 0.6 is 0 Å². The molecule has 0 unspecified atom stereocenters. The van der Waals surface area contributed by atoms with E-state index in [1.54, 1.807) is 0 Å². The molecule has 5 heteroatoms. The summed E-state index contributed by atoms with van der Waals surface area (Å²) in [6.45, 7) is 0. The summed E-state index contributed by atoms with van der Waals surface area (Å²) in [4.78, 5) is 13.5. The maximum absolute atomic E-state index is 11.6. The molecule has 0 spiro atoms. The van der Waals surface area contributed by atoms with Crippen LogP contribution in [0.2, 0.25) is 0 Å². The first-order valence-electron chi connectivity index (χ1n) is 3.00. The molecule has 0 fully saturated rings. The molecular weight excluding hydrogens is 167 g/mol. The summed E-state index contributed by atoms with van der Waals surface area (Å²) in [7, 11) is 0. The Morgan fingerprint density at radius 1 is 1.50 bits per heavy atom. The summed E-state index contributed by atoms with van der Waals surface area (Å²) in [5.41, 5.74) is -0.152. The van der Waals surface area contributed by atoms with Crippen LogP contribution in [0.5, 0.6) is 11.5 Å². The fourth-order valence-electron chi connectivity index (χ4n) is 0.709. The standard InChI is InChI=1S/C7H5FO4/c8-12-6-3-4(7(10)11)1-2-5(6)9/h1-3,9H,(H,10,11). The van der Waals surface area contributed by atoms with Crippen molar-refractivity contribution in [2.75, 3.05) is 0 Å². The molecule has 0 aromatic heterocycles. The Labute approximate surface area is 66.7 Å². The highest BCUT2D eigenvalue weighted by atomic mass is 19.3. The number of carboxylic acid groups (broad SMARTS) is 1. The molecule has 2 N–H and O–H groups in total. The van der Waals surface area contributed by atoms with E-state index in [1.807, 2.05) is 0 Å². The molecule has 0 amide bonds. The quantitative estimate of drug-likeness (QED) is 0.706. The van der Waals surface area contributed by atoms with Crippen LogP contribution in [0.4, 0.5) is 4.53 Å². The molecule has 0 bridgehead atoms. The molecule has 4 nitrogen and oxygen atoms in total. The van der Waals surface area contributed by atoms with Gasteiger partial charge in [0.1, 0.15) is 0 Å². The molecule has 12 heavy (non-hydrogen) atoms. The maximum Gasteiger partial charge on any atom is 0.335 e. The van der Waals surface area contributed by atoms with Crippen LogP contribution in [0.25, 0.3) is 0 Å². The second kappa shape index (κ2) is 3.08. The van der Waals surface area contributed by atoms with Gasteiger partial charge in [-0.25, -0.2) is 4.79 Å². The van der Waals surface area contributed by atoms with Crippen LogP contribution < -0.4 is 4.94 Å². The SMILES string of the molecule is O=C(O)c1ccc(O)c(OF)c1. The Kier molecular flexibility index (Phi) is 2.14. The van der Waals surface area contributed by atoms with E-state index in [0.29, 0.717) is 0 Å². The third kappa shape index (κ3) is 1.45. The molecule has 64 valence electrons. The summed E-state index contributed by atoms with van der Waals surface area (Å²) in [5.74, 6) is -2.16. The summed E-state index contributed by atoms with van der Waals surface area (Å²) < 4.78 is 11.6. The number of phenolic OH excluding ortho intramolecular Hbond substituents is 1. The Bertz CT molecular complexity index is 310. The van der Waals surface area contributed by atoms with Crippen LogP contribution in [-0.4, -0.2) is 16.2 Å².